The van der Waals surface area contributed by atoms with E-state index in [1.807, 2.05) is 0 Å². The number of hydrogen-bond donors (Lipinski definition) is 1. The van der Waals surface area contributed by atoms with Gasteiger partial charge in [0, 0.05) is 28.2 Å². The fourth-order valence-corrected chi connectivity index (χ4v) is 2.17. The van der Waals surface area contributed by atoms with Crippen LogP contribution in [-0.2, 0) is 0 Å². The molecule has 0 fully saturated rings. The second-order valence-corrected chi connectivity index (χ2v) is 4.69. The molecule has 0 bridgehead atoms. The summed E-state index contributed by atoms with van der Waals surface area (Å²) in [4.78, 5) is 15.3. The number of carbonyl (C=O) groups excluding carboxylic acids is 1. The van der Waals surface area contributed by atoms with E-state index in [1.54, 1.807) is 25.1 Å². The van der Waals surface area contributed by atoms with Gasteiger partial charge in [0.1, 0.15) is 11.6 Å². The molecule has 20 heavy (non-hydrogen) atoms. The molecule has 4 heteroatoms. The number of aromatic amines is 1. The molecule has 1 heterocycles. The Morgan fingerprint density at radius 3 is 2.65 bits per heavy atom. The van der Waals surface area contributed by atoms with Gasteiger partial charge in [0.15, 0.2) is 5.78 Å². The van der Waals surface area contributed by atoms with Crippen LogP contribution in [0.5, 0.6) is 0 Å². The highest BCUT2D eigenvalue weighted by Gasteiger charge is 2.15. The second kappa shape index (κ2) is 4.56. The summed E-state index contributed by atoms with van der Waals surface area (Å²) < 4.78 is 26.8. The third kappa shape index (κ3) is 1.99. The van der Waals surface area contributed by atoms with E-state index < -0.39 is 11.6 Å². The molecule has 1 aromatic heterocycles. The highest BCUT2D eigenvalue weighted by molar-refractivity contribution is 6.16. The zero-order chi connectivity index (χ0) is 14.3. The van der Waals surface area contributed by atoms with E-state index in [2.05, 4.69) is 4.98 Å². The molecule has 0 aliphatic heterocycles. The number of aryl methyl sites for hydroxylation is 1. The van der Waals surface area contributed by atoms with Crippen molar-refractivity contribution in [1.82, 2.24) is 4.98 Å². The van der Waals surface area contributed by atoms with E-state index in [4.69, 9.17) is 0 Å². The van der Waals surface area contributed by atoms with Crippen LogP contribution in [-0.4, -0.2) is 10.8 Å². The lowest BCUT2D eigenvalue weighted by Gasteiger charge is -2.02. The minimum absolute atomic E-state index is 0.248. The summed E-state index contributed by atoms with van der Waals surface area (Å²) in [6, 6.07) is 8.51. The maximum absolute atomic E-state index is 13.5. The van der Waals surface area contributed by atoms with Crippen LogP contribution in [0, 0.1) is 18.6 Å². The van der Waals surface area contributed by atoms with Gasteiger partial charge in [0.2, 0.25) is 0 Å². The highest BCUT2D eigenvalue weighted by atomic mass is 19.1. The Morgan fingerprint density at radius 1 is 1.10 bits per heavy atom. The average molecular weight is 271 g/mol. The molecule has 3 aromatic rings. The quantitative estimate of drug-likeness (QED) is 0.702. The minimum Gasteiger partial charge on any atom is -0.360 e. The van der Waals surface area contributed by atoms with Crippen LogP contribution < -0.4 is 0 Å². The van der Waals surface area contributed by atoms with Crippen LogP contribution in [0.1, 0.15) is 21.5 Å². The number of benzene rings is 2. The lowest BCUT2D eigenvalue weighted by Crippen LogP contribution is -2.01. The maximum Gasteiger partial charge on any atom is 0.195 e. The molecule has 0 aliphatic rings. The van der Waals surface area contributed by atoms with Crippen molar-refractivity contribution in [3.05, 3.63) is 70.9 Å². The maximum atomic E-state index is 13.5. The van der Waals surface area contributed by atoms with Crippen LogP contribution in [0.15, 0.2) is 42.6 Å². The molecule has 0 saturated carbocycles. The standard InChI is InChI=1S/C16H11F2NO/c1-9-2-3-10(6-14(9)18)16(20)13-8-19-15-5-4-11(17)7-12(13)15/h2-8,19H,1H3. The first-order valence-electron chi connectivity index (χ1n) is 6.14. The monoisotopic (exact) mass is 271 g/mol. The van der Waals surface area contributed by atoms with Crippen molar-refractivity contribution in [2.45, 2.75) is 6.92 Å². The molecule has 0 radical (unpaired) electrons. The number of carbonyl (C=O) groups is 1. The number of rotatable bonds is 2. The average Bonchev–Trinajstić information content (AvgIpc) is 2.84. The van der Waals surface area contributed by atoms with Crippen molar-refractivity contribution in [2.24, 2.45) is 0 Å². The molecule has 0 spiro atoms. The molecule has 0 unspecified atom stereocenters. The Labute approximate surface area is 114 Å². The Kier molecular flexibility index (Phi) is 2.86. The fourth-order valence-electron chi connectivity index (χ4n) is 2.17. The Morgan fingerprint density at radius 2 is 1.90 bits per heavy atom. The van der Waals surface area contributed by atoms with E-state index >= 15 is 0 Å². The van der Waals surface area contributed by atoms with Crippen molar-refractivity contribution in [1.29, 1.82) is 0 Å². The topological polar surface area (TPSA) is 32.9 Å². The zero-order valence-corrected chi connectivity index (χ0v) is 10.7. The summed E-state index contributed by atoms with van der Waals surface area (Å²) >= 11 is 0. The Bertz CT molecular complexity index is 820. The van der Waals surface area contributed by atoms with Gasteiger partial charge in [0.05, 0.1) is 0 Å². The van der Waals surface area contributed by atoms with Gasteiger partial charge < -0.3 is 4.98 Å². The van der Waals surface area contributed by atoms with E-state index in [9.17, 15) is 13.6 Å². The number of fused-ring (bicyclic) bond motifs is 1. The molecule has 0 saturated heterocycles. The summed E-state index contributed by atoms with van der Waals surface area (Å²) in [6.45, 7) is 1.63. The number of aromatic nitrogens is 1. The first kappa shape index (κ1) is 12.5. The van der Waals surface area contributed by atoms with Gasteiger partial charge in [-0.3, -0.25) is 4.79 Å². The molecule has 0 atom stereocenters. The molecular formula is C16H11F2NO. The molecule has 100 valence electrons. The normalized spacial score (nSPS) is 10.9. The molecule has 1 N–H and O–H groups in total. The molecule has 0 aliphatic carbocycles. The lowest BCUT2D eigenvalue weighted by molar-refractivity contribution is 0.104. The predicted octanol–water partition coefficient (Wildman–Crippen LogP) is 3.99. The van der Waals surface area contributed by atoms with Gasteiger partial charge in [-0.15, -0.1) is 0 Å². The van der Waals surface area contributed by atoms with Gasteiger partial charge in [-0.1, -0.05) is 12.1 Å². The summed E-state index contributed by atoms with van der Waals surface area (Å²) in [6.07, 6.45) is 1.52. The smallest absolute Gasteiger partial charge is 0.195 e. The molecule has 0 amide bonds. The van der Waals surface area contributed by atoms with Crippen LogP contribution >= 0.6 is 0 Å². The fraction of sp³-hybridized carbons (Fsp3) is 0.0625. The van der Waals surface area contributed by atoms with Crippen LogP contribution in [0.25, 0.3) is 10.9 Å². The van der Waals surface area contributed by atoms with E-state index in [-0.39, 0.29) is 11.3 Å². The van der Waals surface area contributed by atoms with Crippen molar-refractivity contribution in [2.75, 3.05) is 0 Å². The van der Waals surface area contributed by atoms with Crippen molar-refractivity contribution < 1.29 is 13.6 Å². The van der Waals surface area contributed by atoms with Gasteiger partial charge in [0.25, 0.3) is 0 Å². The van der Waals surface area contributed by atoms with E-state index in [0.29, 0.717) is 22.0 Å². The van der Waals surface area contributed by atoms with Gasteiger partial charge in [-0.05, 0) is 36.8 Å². The summed E-state index contributed by atoms with van der Waals surface area (Å²) in [5, 5.41) is 0.496. The van der Waals surface area contributed by atoms with Gasteiger partial charge in [-0.2, -0.15) is 0 Å². The number of hydrogen-bond acceptors (Lipinski definition) is 1. The highest BCUT2D eigenvalue weighted by Crippen LogP contribution is 2.23. The first-order chi connectivity index (χ1) is 9.56. The van der Waals surface area contributed by atoms with E-state index in [0.717, 1.165) is 0 Å². The third-order valence-electron chi connectivity index (χ3n) is 3.32. The lowest BCUT2D eigenvalue weighted by atomic mass is 10.0. The van der Waals surface area contributed by atoms with Crippen LogP contribution in [0.2, 0.25) is 0 Å². The van der Waals surface area contributed by atoms with Crippen LogP contribution in [0.3, 0.4) is 0 Å². The second-order valence-electron chi connectivity index (χ2n) is 4.69. The van der Waals surface area contributed by atoms with E-state index in [1.165, 1.54) is 24.4 Å². The Balaban J connectivity index is 2.12. The number of ketones is 1. The van der Waals surface area contributed by atoms with Gasteiger partial charge >= 0.3 is 0 Å². The number of nitrogens with one attached hydrogen (secondary N) is 1. The largest absolute Gasteiger partial charge is 0.360 e. The molecule has 2 aromatic carbocycles. The molecule has 3 rings (SSSR count). The third-order valence-corrected chi connectivity index (χ3v) is 3.32. The van der Waals surface area contributed by atoms with Crippen molar-refractivity contribution in [3.8, 4) is 0 Å². The SMILES string of the molecule is Cc1ccc(C(=O)c2c[nH]c3ccc(F)cc23)cc1F. The summed E-state index contributed by atoms with van der Waals surface area (Å²) in [7, 11) is 0. The number of H-pyrrole nitrogens is 1. The van der Waals surface area contributed by atoms with Crippen LogP contribution in [0.4, 0.5) is 8.78 Å². The zero-order valence-electron chi connectivity index (χ0n) is 10.7. The summed E-state index contributed by atoms with van der Waals surface area (Å²) in [5.74, 6) is -1.18. The molecular weight excluding hydrogens is 260 g/mol. The van der Waals surface area contributed by atoms with Gasteiger partial charge in [-0.25, -0.2) is 8.78 Å². The first-order valence-corrected chi connectivity index (χ1v) is 6.14. The van der Waals surface area contributed by atoms with Crippen molar-refractivity contribution >= 4 is 16.7 Å². The summed E-state index contributed by atoms with van der Waals surface area (Å²) in [5.41, 5.74) is 1.73. The Hall–Kier alpha value is -2.49. The van der Waals surface area contributed by atoms with Crippen molar-refractivity contribution in [3.63, 3.8) is 0 Å². The number of halogens is 2. The predicted molar refractivity (Wildman–Crippen MR) is 72.8 cm³/mol. The minimum atomic E-state index is -0.429. The molecule has 2 nitrogen and oxygen atoms in total.